The van der Waals surface area contributed by atoms with Crippen LogP contribution in [0.3, 0.4) is 0 Å². The van der Waals surface area contributed by atoms with Crippen LogP contribution < -0.4 is 0 Å². The lowest BCUT2D eigenvalue weighted by Crippen LogP contribution is -1.78. The number of hydrogen-bond donors (Lipinski definition) is 0. The van der Waals surface area contributed by atoms with Gasteiger partial charge in [0.05, 0.1) is 0 Å². The number of halogens is 1. The van der Waals surface area contributed by atoms with E-state index in [9.17, 15) is 4.39 Å². The van der Waals surface area contributed by atoms with Crippen molar-refractivity contribution in [3.05, 3.63) is 58.7 Å². The molecule has 0 aliphatic carbocycles. The van der Waals surface area contributed by atoms with Gasteiger partial charge in [0.25, 0.3) is 0 Å². The second-order valence-electron chi connectivity index (χ2n) is 3.87. The van der Waals surface area contributed by atoms with Crippen molar-refractivity contribution in [3.8, 4) is 11.5 Å². The minimum Gasteiger partial charge on any atom is -0.436 e. The maximum Gasteiger partial charge on any atom is 0.227 e. The van der Waals surface area contributed by atoms with E-state index in [1.165, 1.54) is 12.1 Å². The zero-order chi connectivity index (χ0) is 13.2. The van der Waals surface area contributed by atoms with Crippen molar-refractivity contribution in [2.45, 2.75) is 0 Å². The second kappa shape index (κ2) is 4.44. The lowest BCUT2D eigenvalue weighted by atomic mass is 10.2. The Labute approximate surface area is 106 Å². The number of oxazole rings is 1. The third-order valence-corrected chi connectivity index (χ3v) is 2.60. The number of rotatable bonds is 2. The highest BCUT2D eigenvalue weighted by molar-refractivity contribution is 5.79. The molecule has 0 unspecified atom stereocenters. The van der Waals surface area contributed by atoms with Crippen LogP contribution in [0.5, 0.6) is 0 Å². The zero-order valence-corrected chi connectivity index (χ0v) is 9.62. The van der Waals surface area contributed by atoms with Crippen LogP contribution in [-0.2, 0) is 0 Å². The minimum absolute atomic E-state index is 0.326. The normalized spacial score (nSPS) is 10.4. The molecule has 0 radical (unpaired) electrons. The molecule has 0 aliphatic rings. The molecule has 0 amide bonds. The van der Waals surface area contributed by atoms with Crippen molar-refractivity contribution in [2.24, 2.45) is 5.11 Å². The van der Waals surface area contributed by atoms with Gasteiger partial charge in [-0.15, -0.1) is 0 Å². The Balaban J connectivity index is 2.13. The van der Waals surface area contributed by atoms with Gasteiger partial charge in [-0.3, -0.25) is 0 Å². The molecular formula is C13H7FN4O. The Bertz CT molecular complexity index is 805. The van der Waals surface area contributed by atoms with Crippen molar-refractivity contribution in [1.82, 2.24) is 4.98 Å². The number of nitrogens with zero attached hydrogens (tertiary/aromatic N) is 4. The van der Waals surface area contributed by atoms with E-state index in [-0.39, 0.29) is 5.82 Å². The molecule has 1 heterocycles. The third-order valence-electron chi connectivity index (χ3n) is 2.60. The molecule has 3 rings (SSSR count). The van der Waals surface area contributed by atoms with Crippen molar-refractivity contribution in [2.75, 3.05) is 0 Å². The topological polar surface area (TPSA) is 74.8 Å². The lowest BCUT2D eigenvalue weighted by Gasteiger charge is -1.93. The van der Waals surface area contributed by atoms with Gasteiger partial charge >= 0.3 is 0 Å². The lowest BCUT2D eigenvalue weighted by molar-refractivity contribution is 0.611. The van der Waals surface area contributed by atoms with Crippen LogP contribution in [0, 0.1) is 5.82 Å². The van der Waals surface area contributed by atoms with Gasteiger partial charge in [-0.2, -0.15) is 0 Å². The average Bonchev–Trinajstić information content (AvgIpc) is 2.82. The maximum absolute atomic E-state index is 13.1. The number of aromatic nitrogens is 1. The number of azide groups is 1. The van der Waals surface area contributed by atoms with E-state index in [0.29, 0.717) is 28.2 Å². The summed E-state index contributed by atoms with van der Waals surface area (Å²) in [6.07, 6.45) is 0. The zero-order valence-electron chi connectivity index (χ0n) is 9.62. The fourth-order valence-corrected chi connectivity index (χ4v) is 1.77. The molecule has 92 valence electrons. The fourth-order valence-electron chi connectivity index (χ4n) is 1.77. The Morgan fingerprint density at radius 2 is 2.11 bits per heavy atom. The first-order valence-electron chi connectivity index (χ1n) is 5.48. The summed E-state index contributed by atoms with van der Waals surface area (Å²) in [6, 6.07) is 10.9. The van der Waals surface area contributed by atoms with Gasteiger partial charge in [-0.05, 0) is 35.9 Å². The molecule has 3 aromatic rings. The van der Waals surface area contributed by atoms with Crippen molar-refractivity contribution in [3.63, 3.8) is 0 Å². The van der Waals surface area contributed by atoms with E-state index in [0.717, 1.165) is 0 Å². The van der Waals surface area contributed by atoms with E-state index in [4.69, 9.17) is 9.95 Å². The highest BCUT2D eigenvalue weighted by Crippen LogP contribution is 2.27. The third kappa shape index (κ3) is 2.12. The molecule has 2 aromatic carbocycles. The summed E-state index contributed by atoms with van der Waals surface area (Å²) < 4.78 is 18.7. The maximum atomic E-state index is 13.1. The first-order chi connectivity index (χ1) is 9.26. The predicted molar refractivity (Wildman–Crippen MR) is 68.2 cm³/mol. The molecule has 0 aliphatic heterocycles. The van der Waals surface area contributed by atoms with Gasteiger partial charge in [0.15, 0.2) is 5.58 Å². The average molecular weight is 254 g/mol. The van der Waals surface area contributed by atoms with Gasteiger partial charge in [0.2, 0.25) is 5.89 Å². The van der Waals surface area contributed by atoms with Crippen LogP contribution >= 0.6 is 0 Å². The van der Waals surface area contributed by atoms with Crippen molar-refractivity contribution >= 4 is 16.8 Å². The van der Waals surface area contributed by atoms with Gasteiger partial charge in [0.1, 0.15) is 11.3 Å². The molecule has 0 N–H and O–H groups in total. The summed E-state index contributed by atoms with van der Waals surface area (Å²) in [5, 5.41) is 3.49. The number of fused-ring (bicyclic) bond motifs is 1. The van der Waals surface area contributed by atoms with Gasteiger partial charge in [-0.25, -0.2) is 9.37 Å². The van der Waals surface area contributed by atoms with Crippen LogP contribution in [0.2, 0.25) is 0 Å². The summed E-state index contributed by atoms with van der Waals surface area (Å²) in [6.45, 7) is 0. The summed E-state index contributed by atoms with van der Waals surface area (Å²) >= 11 is 0. The molecule has 1 aromatic heterocycles. The Hall–Kier alpha value is -2.85. The van der Waals surface area contributed by atoms with Gasteiger partial charge in [0, 0.05) is 16.2 Å². The van der Waals surface area contributed by atoms with E-state index in [1.54, 1.807) is 30.3 Å². The van der Waals surface area contributed by atoms with Crippen LogP contribution in [0.4, 0.5) is 10.1 Å². The molecule has 5 nitrogen and oxygen atoms in total. The van der Waals surface area contributed by atoms with Crippen LogP contribution in [0.1, 0.15) is 0 Å². The first-order valence-corrected chi connectivity index (χ1v) is 5.48. The summed E-state index contributed by atoms with van der Waals surface area (Å²) in [5.74, 6) is -0.0258. The second-order valence-corrected chi connectivity index (χ2v) is 3.87. The highest BCUT2D eigenvalue weighted by atomic mass is 19.1. The quantitative estimate of drug-likeness (QED) is 0.381. The number of benzene rings is 2. The van der Waals surface area contributed by atoms with E-state index in [2.05, 4.69) is 15.0 Å². The SMILES string of the molecule is [N-]=[N+]=Nc1ccc2nc(-c3cccc(F)c3)oc2c1. The fraction of sp³-hybridized carbons (Fsp3) is 0. The molecule has 0 spiro atoms. The molecule has 19 heavy (non-hydrogen) atoms. The summed E-state index contributed by atoms with van der Waals surface area (Å²) in [4.78, 5) is 6.96. The van der Waals surface area contributed by atoms with Crippen LogP contribution in [-0.4, -0.2) is 4.98 Å². The highest BCUT2D eigenvalue weighted by Gasteiger charge is 2.09. The Kier molecular flexibility index (Phi) is 2.63. The first kappa shape index (κ1) is 11.3. The van der Waals surface area contributed by atoms with Crippen molar-refractivity contribution in [1.29, 1.82) is 0 Å². The summed E-state index contributed by atoms with van der Waals surface area (Å²) in [7, 11) is 0. The van der Waals surface area contributed by atoms with Gasteiger partial charge in [-0.1, -0.05) is 17.2 Å². The van der Waals surface area contributed by atoms with E-state index >= 15 is 0 Å². The van der Waals surface area contributed by atoms with Crippen LogP contribution in [0.25, 0.3) is 33.0 Å². The minimum atomic E-state index is -0.352. The molecule has 0 atom stereocenters. The number of hydrogen-bond acceptors (Lipinski definition) is 3. The largest absolute Gasteiger partial charge is 0.436 e. The Morgan fingerprint density at radius 1 is 1.21 bits per heavy atom. The smallest absolute Gasteiger partial charge is 0.227 e. The van der Waals surface area contributed by atoms with Crippen LogP contribution in [0.15, 0.2) is 52.0 Å². The summed E-state index contributed by atoms with van der Waals surface area (Å²) in [5.41, 5.74) is 10.5. The van der Waals surface area contributed by atoms with Crippen molar-refractivity contribution < 1.29 is 8.81 Å². The predicted octanol–water partition coefficient (Wildman–Crippen LogP) is 4.58. The molecule has 0 bridgehead atoms. The van der Waals surface area contributed by atoms with E-state index < -0.39 is 0 Å². The molecule has 0 saturated carbocycles. The van der Waals surface area contributed by atoms with E-state index in [1.807, 2.05) is 0 Å². The molecule has 6 heteroatoms. The Morgan fingerprint density at radius 3 is 2.89 bits per heavy atom. The molecular weight excluding hydrogens is 247 g/mol. The van der Waals surface area contributed by atoms with Gasteiger partial charge < -0.3 is 4.42 Å². The monoisotopic (exact) mass is 254 g/mol. The standard InChI is InChI=1S/C13H7FN4O/c14-9-3-1-2-8(6-9)13-16-11-5-4-10(17-18-15)7-12(11)19-13/h1-7H. The molecule has 0 fully saturated rings. The molecule has 0 saturated heterocycles.